The van der Waals surface area contributed by atoms with E-state index in [1.54, 1.807) is 11.8 Å². The van der Waals surface area contributed by atoms with Gasteiger partial charge in [0.15, 0.2) is 0 Å². The first-order valence-electron chi connectivity index (χ1n) is 7.34. The van der Waals surface area contributed by atoms with E-state index in [1.165, 1.54) is 15.4 Å². The Labute approximate surface area is 155 Å². The largest absolute Gasteiger partial charge is 0.255 e. The topological polar surface area (TPSA) is 12.4 Å². The van der Waals surface area contributed by atoms with Crippen molar-refractivity contribution in [2.45, 2.75) is 16.7 Å². The van der Waals surface area contributed by atoms with Crippen molar-refractivity contribution in [3.05, 3.63) is 87.5 Å². The molecule has 3 rings (SSSR count). The van der Waals surface area contributed by atoms with Crippen LogP contribution in [0.25, 0.3) is 0 Å². The van der Waals surface area contributed by atoms with Crippen molar-refractivity contribution in [1.82, 2.24) is 0 Å². The van der Waals surface area contributed by atoms with Gasteiger partial charge in [0.05, 0.1) is 5.69 Å². The van der Waals surface area contributed by atoms with Crippen LogP contribution in [0, 0.1) is 10.5 Å². The van der Waals surface area contributed by atoms with Crippen LogP contribution in [0.15, 0.2) is 87.6 Å². The molecular weight excluding hydrogens is 413 g/mol. The Morgan fingerprint density at radius 1 is 0.826 bits per heavy atom. The summed E-state index contributed by atoms with van der Waals surface area (Å²) in [6, 6.07) is 25.2. The van der Waals surface area contributed by atoms with Crippen LogP contribution in [0.3, 0.4) is 0 Å². The lowest BCUT2D eigenvalue weighted by Gasteiger charge is -2.03. The predicted molar refractivity (Wildman–Crippen MR) is 108 cm³/mol. The average Bonchev–Trinajstić information content (AvgIpc) is 2.58. The zero-order valence-electron chi connectivity index (χ0n) is 12.7. The first-order valence-corrected chi connectivity index (χ1v) is 9.23. The second kappa shape index (κ2) is 7.79. The van der Waals surface area contributed by atoms with E-state index in [4.69, 9.17) is 0 Å². The zero-order valence-corrected chi connectivity index (χ0v) is 15.7. The van der Waals surface area contributed by atoms with Crippen molar-refractivity contribution in [3.63, 3.8) is 0 Å². The smallest absolute Gasteiger partial charge is 0.0763 e. The van der Waals surface area contributed by atoms with E-state index in [0.717, 1.165) is 14.8 Å². The van der Waals surface area contributed by atoms with Gasteiger partial charge >= 0.3 is 0 Å². The number of nitrogens with zero attached hydrogens (tertiary/aromatic N) is 1. The summed E-state index contributed by atoms with van der Waals surface area (Å²) in [4.78, 5) is 7.06. The quantitative estimate of drug-likeness (QED) is 0.341. The number of aliphatic imine (C=N–C) groups is 1. The lowest BCUT2D eigenvalue weighted by Crippen LogP contribution is -1.82. The molecule has 0 fully saturated rings. The molecule has 23 heavy (non-hydrogen) atoms. The second-order valence-corrected chi connectivity index (χ2v) is 7.50. The van der Waals surface area contributed by atoms with E-state index < -0.39 is 0 Å². The molecule has 0 unspecified atom stereocenters. The van der Waals surface area contributed by atoms with Crippen molar-refractivity contribution in [3.8, 4) is 0 Å². The molecule has 0 saturated carbocycles. The van der Waals surface area contributed by atoms with Gasteiger partial charge in [0, 0.05) is 19.6 Å². The van der Waals surface area contributed by atoms with Gasteiger partial charge in [-0.05, 0) is 71.5 Å². The third-order valence-electron chi connectivity index (χ3n) is 3.34. The van der Waals surface area contributed by atoms with Gasteiger partial charge in [-0.1, -0.05) is 53.7 Å². The van der Waals surface area contributed by atoms with Gasteiger partial charge in [0.25, 0.3) is 0 Å². The Morgan fingerprint density at radius 3 is 2.09 bits per heavy atom. The molecule has 0 saturated heterocycles. The van der Waals surface area contributed by atoms with Crippen molar-refractivity contribution >= 4 is 46.3 Å². The first-order chi connectivity index (χ1) is 11.2. The van der Waals surface area contributed by atoms with Gasteiger partial charge in [0.1, 0.15) is 0 Å². The molecule has 0 aliphatic heterocycles. The van der Waals surface area contributed by atoms with Gasteiger partial charge in [-0.3, -0.25) is 4.99 Å². The summed E-state index contributed by atoms with van der Waals surface area (Å²) in [6.07, 6.45) is 1.91. The average molecular weight is 429 g/mol. The molecule has 0 aliphatic rings. The fraction of sp³-hybridized carbons (Fsp3) is 0.0500. The third-order valence-corrected chi connectivity index (χ3v) is 5.27. The monoisotopic (exact) mass is 429 g/mol. The Kier molecular flexibility index (Phi) is 5.51. The van der Waals surface area contributed by atoms with Gasteiger partial charge in [-0.15, -0.1) is 0 Å². The number of hydrogen-bond donors (Lipinski definition) is 0. The summed E-state index contributed by atoms with van der Waals surface area (Å²) in [5.41, 5.74) is 3.40. The summed E-state index contributed by atoms with van der Waals surface area (Å²) < 4.78 is 1.16. The van der Waals surface area contributed by atoms with Crippen molar-refractivity contribution in [2.24, 2.45) is 4.99 Å². The van der Waals surface area contributed by atoms with Crippen LogP contribution in [0.5, 0.6) is 0 Å². The summed E-state index contributed by atoms with van der Waals surface area (Å²) in [5, 5.41) is 0. The first kappa shape index (κ1) is 16.3. The Morgan fingerprint density at radius 2 is 1.43 bits per heavy atom. The maximum atomic E-state index is 4.56. The highest BCUT2D eigenvalue weighted by Crippen LogP contribution is 2.28. The highest BCUT2D eigenvalue weighted by atomic mass is 127. The van der Waals surface area contributed by atoms with E-state index in [0.29, 0.717) is 0 Å². The molecule has 1 nitrogen and oxygen atoms in total. The van der Waals surface area contributed by atoms with Gasteiger partial charge < -0.3 is 0 Å². The van der Waals surface area contributed by atoms with Gasteiger partial charge in [-0.2, -0.15) is 0 Å². The molecule has 3 heteroatoms. The SMILES string of the molecule is Cc1ccc(Sc2ccc(C=Nc3ccccc3I)cc2)cc1. The maximum Gasteiger partial charge on any atom is 0.0763 e. The van der Waals surface area contributed by atoms with Crippen LogP contribution >= 0.6 is 34.4 Å². The molecule has 3 aromatic carbocycles. The predicted octanol–water partition coefficient (Wildman–Crippen LogP) is 6.50. The Bertz CT molecular complexity index is 808. The van der Waals surface area contributed by atoms with Crippen LogP contribution < -0.4 is 0 Å². The number of para-hydroxylation sites is 1. The molecule has 0 aliphatic carbocycles. The van der Waals surface area contributed by atoms with Crippen molar-refractivity contribution in [1.29, 1.82) is 0 Å². The van der Waals surface area contributed by atoms with Crippen LogP contribution in [-0.4, -0.2) is 6.21 Å². The fourth-order valence-electron chi connectivity index (χ4n) is 2.06. The summed E-state index contributed by atoms with van der Waals surface area (Å²) in [5.74, 6) is 0. The molecule has 0 bridgehead atoms. The molecule has 0 spiro atoms. The van der Waals surface area contributed by atoms with E-state index in [-0.39, 0.29) is 0 Å². The number of rotatable bonds is 4. The normalized spacial score (nSPS) is 11.0. The number of halogens is 1. The number of aryl methyl sites for hydroxylation is 1. The number of benzene rings is 3. The third kappa shape index (κ3) is 4.69. The molecular formula is C20H16INS. The van der Waals surface area contributed by atoms with Crippen LogP contribution in [0.2, 0.25) is 0 Å². The fourth-order valence-corrected chi connectivity index (χ4v) is 3.41. The lowest BCUT2D eigenvalue weighted by molar-refractivity contribution is 1.36. The molecule has 0 N–H and O–H groups in total. The van der Waals surface area contributed by atoms with E-state index in [2.05, 4.69) is 89.1 Å². The maximum absolute atomic E-state index is 4.56. The highest BCUT2D eigenvalue weighted by Gasteiger charge is 1.98. The minimum absolute atomic E-state index is 1.01. The minimum Gasteiger partial charge on any atom is -0.255 e. The molecule has 0 atom stereocenters. The van der Waals surface area contributed by atoms with Crippen molar-refractivity contribution < 1.29 is 0 Å². The molecule has 0 amide bonds. The van der Waals surface area contributed by atoms with Gasteiger partial charge in [-0.25, -0.2) is 0 Å². The number of hydrogen-bond acceptors (Lipinski definition) is 2. The standard InChI is InChI=1S/C20H16INS/c1-15-6-10-17(11-7-15)23-18-12-8-16(9-13-18)14-22-20-5-3-2-4-19(20)21/h2-14H,1H3. The molecule has 114 valence electrons. The Hall–Kier alpha value is -1.59. The van der Waals surface area contributed by atoms with Crippen LogP contribution in [-0.2, 0) is 0 Å². The van der Waals surface area contributed by atoms with Crippen molar-refractivity contribution in [2.75, 3.05) is 0 Å². The minimum atomic E-state index is 1.01. The van der Waals surface area contributed by atoms with Gasteiger partial charge in [0.2, 0.25) is 0 Å². The van der Waals surface area contributed by atoms with Crippen LogP contribution in [0.1, 0.15) is 11.1 Å². The lowest BCUT2D eigenvalue weighted by atomic mass is 10.2. The molecule has 0 aromatic heterocycles. The summed E-state index contributed by atoms with van der Waals surface area (Å²) in [7, 11) is 0. The van der Waals surface area contributed by atoms with E-state index >= 15 is 0 Å². The molecule has 0 radical (unpaired) electrons. The molecule has 3 aromatic rings. The zero-order chi connectivity index (χ0) is 16.1. The van der Waals surface area contributed by atoms with E-state index in [1.807, 2.05) is 24.4 Å². The highest BCUT2D eigenvalue weighted by molar-refractivity contribution is 14.1. The van der Waals surface area contributed by atoms with E-state index in [9.17, 15) is 0 Å². The summed E-state index contributed by atoms with van der Waals surface area (Å²) in [6.45, 7) is 2.11. The summed E-state index contributed by atoms with van der Waals surface area (Å²) >= 11 is 4.08. The Balaban J connectivity index is 1.69. The second-order valence-electron chi connectivity index (χ2n) is 5.19. The van der Waals surface area contributed by atoms with Crippen LogP contribution in [0.4, 0.5) is 5.69 Å². The molecule has 0 heterocycles.